The van der Waals surface area contributed by atoms with Gasteiger partial charge in [-0.3, -0.25) is 0 Å². The quantitative estimate of drug-likeness (QED) is 0.528. The summed E-state index contributed by atoms with van der Waals surface area (Å²) in [4.78, 5) is 0. The van der Waals surface area contributed by atoms with E-state index in [9.17, 15) is 8.78 Å². The van der Waals surface area contributed by atoms with E-state index in [1.54, 1.807) is 0 Å². The maximum Gasteiger partial charge on any atom is 0.143 e. The Kier molecular flexibility index (Phi) is 2.11. The summed E-state index contributed by atoms with van der Waals surface area (Å²) >= 11 is 5.41. The molecule has 0 saturated heterocycles. The van der Waals surface area contributed by atoms with Gasteiger partial charge in [-0.25, -0.2) is 8.78 Å². The first-order valence-corrected chi connectivity index (χ1v) is 3.14. The van der Waals surface area contributed by atoms with Crippen LogP contribution in [0.4, 0.5) is 8.78 Å². The average Bonchev–Trinajstić information content (AvgIpc) is 1.85. The molecule has 0 spiro atoms. The Morgan fingerprint density at radius 1 is 1.36 bits per heavy atom. The van der Waals surface area contributed by atoms with Gasteiger partial charge >= 0.3 is 0 Å². The van der Waals surface area contributed by atoms with Crippen molar-refractivity contribution in [1.82, 2.24) is 0 Å². The Hall–Kier alpha value is -1.07. The van der Waals surface area contributed by atoms with E-state index in [1.165, 1.54) is 0 Å². The first-order chi connectivity index (χ1) is 5.15. The van der Waals surface area contributed by atoms with Crippen molar-refractivity contribution in [2.45, 2.75) is 0 Å². The van der Waals surface area contributed by atoms with Gasteiger partial charge in [-0.2, -0.15) is 0 Å². The van der Waals surface area contributed by atoms with Crippen molar-refractivity contribution < 1.29 is 8.78 Å². The Labute approximate surface area is 67.8 Å². The highest BCUT2D eigenvalue weighted by Gasteiger charge is 2.06. The van der Waals surface area contributed by atoms with Gasteiger partial charge in [-0.15, -0.1) is 6.42 Å². The van der Waals surface area contributed by atoms with Crippen molar-refractivity contribution in [3.63, 3.8) is 0 Å². The molecule has 0 aromatic heterocycles. The lowest BCUT2D eigenvalue weighted by Crippen LogP contribution is -1.86. The molecule has 11 heavy (non-hydrogen) atoms. The van der Waals surface area contributed by atoms with Crippen LogP contribution in [0.25, 0.3) is 0 Å². The second kappa shape index (κ2) is 2.89. The van der Waals surface area contributed by atoms with Gasteiger partial charge in [0.05, 0.1) is 10.6 Å². The fourth-order valence-corrected chi connectivity index (χ4v) is 0.929. The smallest absolute Gasteiger partial charge is 0.143 e. The summed E-state index contributed by atoms with van der Waals surface area (Å²) in [5.74, 6) is 0.479. The Morgan fingerprint density at radius 2 is 2.00 bits per heavy atom. The summed E-state index contributed by atoms with van der Waals surface area (Å²) in [5.41, 5.74) is -0.104. The zero-order chi connectivity index (χ0) is 8.43. The second-order valence-corrected chi connectivity index (χ2v) is 2.30. The van der Waals surface area contributed by atoms with Gasteiger partial charge in [0.15, 0.2) is 0 Å². The number of rotatable bonds is 0. The van der Waals surface area contributed by atoms with Crippen LogP contribution in [0.3, 0.4) is 0 Å². The summed E-state index contributed by atoms with van der Waals surface area (Å²) in [6, 6.07) is 1.67. The Morgan fingerprint density at radius 3 is 2.45 bits per heavy atom. The number of terminal acetylenes is 1. The minimum Gasteiger partial charge on any atom is -0.207 e. The summed E-state index contributed by atoms with van der Waals surface area (Å²) in [6.07, 6.45) is 4.90. The van der Waals surface area contributed by atoms with Crippen LogP contribution in [0, 0.1) is 24.0 Å². The molecule has 3 heteroatoms. The molecule has 0 aliphatic rings. The Balaban J connectivity index is 3.40. The molecule has 1 aromatic rings. The lowest BCUT2D eigenvalue weighted by Gasteiger charge is -1.97. The molecule has 1 rings (SSSR count). The molecule has 56 valence electrons. The molecule has 0 nitrogen and oxygen atoms in total. The van der Waals surface area contributed by atoms with E-state index in [4.69, 9.17) is 18.0 Å². The van der Waals surface area contributed by atoms with E-state index in [1.807, 2.05) is 5.92 Å². The highest BCUT2D eigenvalue weighted by Crippen LogP contribution is 2.19. The maximum absolute atomic E-state index is 12.6. The minimum atomic E-state index is -0.808. The fraction of sp³-hybridized carbons (Fsp3) is 0. The van der Waals surface area contributed by atoms with E-state index in [0.717, 1.165) is 6.07 Å². The molecule has 0 heterocycles. The fourth-order valence-electron chi connectivity index (χ4n) is 0.680. The molecule has 0 atom stereocenters. The summed E-state index contributed by atoms with van der Waals surface area (Å²) < 4.78 is 25.0. The van der Waals surface area contributed by atoms with Crippen LogP contribution in [0.2, 0.25) is 5.02 Å². The molecule has 0 bridgehead atoms. The third-order valence-corrected chi connectivity index (χ3v) is 1.45. The zero-order valence-electron chi connectivity index (χ0n) is 5.37. The maximum atomic E-state index is 12.6. The Bertz CT molecular complexity index is 302. The van der Waals surface area contributed by atoms with Crippen LogP contribution in [0.5, 0.6) is 0 Å². The van der Waals surface area contributed by atoms with Crippen LogP contribution >= 0.6 is 11.6 Å². The largest absolute Gasteiger partial charge is 0.207 e. The highest BCUT2D eigenvalue weighted by molar-refractivity contribution is 6.31. The van der Waals surface area contributed by atoms with Crippen molar-refractivity contribution in [3.8, 4) is 12.3 Å². The molecule has 0 N–H and O–H groups in total. The standard InChI is InChI=1S/C8H3ClF2/c1-2-6-7(9)3-5(10)4-8(6)11/h1,3-4H. The molecule has 0 amide bonds. The lowest BCUT2D eigenvalue weighted by molar-refractivity contribution is 0.581. The number of hydrogen-bond donors (Lipinski definition) is 0. The number of hydrogen-bond acceptors (Lipinski definition) is 0. The average molecular weight is 173 g/mol. The van der Waals surface area contributed by atoms with Crippen LogP contribution < -0.4 is 0 Å². The lowest BCUT2D eigenvalue weighted by atomic mass is 10.2. The number of halogens is 3. The molecule has 0 radical (unpaired) electrons. The summed E-state index contributed by atoms with van der Waals surface area (Å²) in [7, 11) is 0. The SMILES string of the molecule is C#Cc1c(F)cc(F)cc1Cl. The molecule has 0 aliphatic carbocycles. The van der Waals surface area contributed by atoms with Crippen molar-refractivity contribution in [2.75, 3.05) is 0 Å². The van der Waals surface area contributed by atoms with Gasteiger partial charge in [-0.1, -0.05) is 17.5 Å². The predicted molar refractivity (Wildman–Crippen MR) is 39.3 cm³/mol. The third-order valence-electron chi connectivity index (χ3n) is 1.15. The highest BCUT2D eigenvalue weighted by atomic mass is 35.5. The molecule has 1 aromatic carbocycles. The monoisotopic (exact) mass is 172 g/mol. The molecular weight excluding hydrogens is 170 g/mol. The van der Waals surface area contributed by atoms with E-state index < -0.39 is 11.6 Å². The minimum absolute atomic E-state index is 0.0787. The van der Waals surface area contributed by atoms with Crippen LogP contribution in [0.1, 0.15) is 5.56 Å². The normalized spacial score (nSPS) is 9.27. The van der Waals surface area contributed by atoms with E-state index >= 15 is 0 Å². The molecule has 0 fully saturated rings. The second-order valence-electron chi connectivity index (χ2n) is 1.89. The van der Waals surface area contributed by atoms with Crippen LogP contribution in [0.15, 0.2) is 12.1 Å². The zero-order valence-corrected chi connectivity index (χ0v) is 6.12. The van der Waals surface area contributed by atoms with Crippen molar-refractivity contribution in [1.29, 1.82) is 0 Å². The van der Waals surface area contributed by atoms with E-state index in [0.29, 0.717) is 6.07 Å². The van der Waals surface area contributed by atoms with Crippen LogP contribution in [-0.2, 0) is 0 Å². The first-order valence-electron chi connectivity index (χ1n) is 2.76. The third kappa shape index (κ3) is 1.50. The van der Waals surface area contributed by atoms with Crippen molar-refractivity contribution >= 4 is 11.6 Å². The van der Waals surface area contributed by atoms with Gasteiger partial charge in [0.2, 0.25) is 0 Å². The predicted octanol–water partition coefficient (Wildman–Crippen LogP) is 2.60. The topological polar surface area (TPSA) is 0 Å². The number of benzene rings is 1. The van der Waals surface area contributed by atoms with E-state index in [-0.39, 0.29) is 10.6 Å². The van der Waals surface area contributed by atoms with E-state index in [2.05, 4.69) is 0 Å². The van der Waals surface area contributed by atoms with Gasteiger partial charge < -0.3 is 0 Å². The van der Waals surface area contributed by atoms with Gasteiger partial charge in [-0.05, 0) is 6.07 Å². The van der Waals surface area contributed by atoms with Crippen molar-refractivity contribution in [2.24, 2.45) is 0 Å². The van der Waals surface area contributed by atoms with Gasteiger partial charge in [0.25, 0.3) is 0 Å². The molecule has 0 saturated carbocycles. The molecular formula is C8H3ClF2. The van der Waals surface area contributed by atoms with Gasteiger partial charge in [0.1, 0.15) is 11.6 Å². The summed E-state index contributed by atoms with van der Waals surface area (Å²) in [5, 5.41) is -0.0787. The molecule has 0 aliphatic heterocycles. The summed E-state index contributed by atoms with van der Waals surface area (Å²) in [6.45, 7) is 0. The van der Waals surface area contributed by atoms with Crippen LogP contribution in [-0.4, -0.2) is 0 Å². The van der Waals surface area contributed by atoms with Gasteiger partial charge in [0, 0.05) is 6.07 Å². The first kappa shape index (κ1) is 8.03. The molecule has 0 unspecified atom stereocenters. The van der Waals surface area contributed by atoms with Crippen molar-refractivity contribution in [3.05, 3.63) is 34.4 Å².